The van der Waals surface area contributed by atoms with Crippen LogP contribution >= 0.6 is 0 Å². The summed E-state index contributed by atoms with van der Waals surface area (Å²) in [4.78, 5) is 14.2. The lowest BCUT2D eigenvalue weighted by atomic mass is 9.96. The van der Waals surface area contributed by atoms with Crippen LogP contribution in [0.4, 0.5) is 0 Å². The highest BCUT2D eigenvalue weighted by atomic mass is 16.3. The van der Waals surface area contributed by atoms with Gasteiger partial charge in [0.1, 0.15) is 5.76 Å². The zero-order valence-electron chi connectivity index (χ0n) is 13.5. The maximum absolute atomic E-state index is 11.9. The summed E-state index contributed by atoms with van der Waals surface area (Å²) in [6.07, 6.45) is 3.60. The molecule has 0 aliphatic heterocycles. The Balaban J connectivity index is 1.97. The average molecular weight is 349 g/mol. The van der Waals surface area contributed by atoms with Gasteiger partial charge in [-0.05, 0) is 27.8 Å². The molecule has 1 aliphatic rings. The molecule has 6 heteroatoms. The van der Waals surface area contributed by atoms with Gasteiger partial charge in [0.2, 0.25) is 0 Å². The van der Waals surface area contributed by atoms with Crippen LogP contribution in [0, 0.1) is 0 Å². The summed E-state index contributed by atoms with van der Waals surface area (Å²) < 4.78 is 0. The number of hydrogen-bond donors (Lipinski definition) is 5. The number of aromatic nitrogens is 1. The van der Waals surface area contributed by atoms with Crippen LogP contribution in [0.1, 0.15) is 12.0 Å². The van der Waals surface area contributed by atoms with Crippen molar-refractivity contribution in [1.82, 2.24) is 4.98 Å². The maximum atomic E-state index is 11.9. The van der Waals surface area contributed by atoms with Gasteiger partial charge in [-0.3, -0.25) is 9.78 Å². The third-order valence-corrected chi connectivity index (χ3v) is 4.42. The molecule has 6 nitrogen and oxygen atoms in total. The molecule has 130 valence electrons. The second kappa shape index (κ2) is 5.70. The van der Waals surface area contributed by atoms with Gasteiger partial charge in [0.05, 0.1) is 5.22 Å². The summed E-state index contributed by atoms with van der Waals surface area (Å²) >= 11 is 0. The van der Waals surface area contributed by atoms with Crippen LogP contribution in [0.15, 0.2) is 46.8 Å². The normalized spacial score (nSPS) is 15.1. The third kappa shape index (κ3) is 2.48. The molecule has 0 fully saturated rings. The van der Waals surface area contributed by atoms with Crippen LogP contribution in [0.5, 0.6) is 17.4 Å². The predicted octanol–water partition coefficient (Wildman–Crippen LogP) is 1.58. The summed E-state index contributed by atoms with van der Waals surface area (Å²) in [5.41, 5.74) is 0.795. The fourth-order valence-corrected chi connectivity index (χ4v) is 3.29. The molecular weight excluding hydrogens is 334 g/mol. The average Bonchev–Trinajstić information content (AvgIpc) is 2.58. The number of hydrogen-bond acceptors (Lipinski definition) is 5. The number of H-pyrrole nitrogens is 1. The molecule has 0 saturated heterocycles. The number of aromatic hydroxyl groups is 3. The molecule has 1 aromatic heterocycles. The van der Waals surface area contributed by atoms with E-state index in [1.807, 2.05) is 12.1 Å². The van der Waals surface area contributed by atoms with Crippen LogP contribution in [-0.2, 0) is 0 Å². The Bertz CT molecular complexity index is 1270. The maximum Gasteiger partial charge on any atom is 0.261 e. The van der Waals surface area contributed by atoms with Gasteiger partial charge < -0.3 is 20.4 Å². The Hall–Kier alpha value is -3.67. The minimum Gasteiger partial charge on any atom is -0.511 e. The number of aliphatic hydroxyl groups is 1. The highest BCUT2D eigenvalue weighted by molar-refractivity contribution is 5.97. The van der Waals surface area contributed by atoms with Gasteiger partial charge in [-0.25, -0.2) is 0 Å². The van der Waals surface area contributed by atoms with E-state index in [9.17, 15) is 25.2 Å². The first-order valence-corrected chi connectivity index (χ1v) is 7.94. The highest BCUT2D eigenvalue weighted by Crippen LogP contribution is 2.37. The van der Waals surface area contributed by atoms with E-state index in [1.165, 1.54) is 12.1 Å². The lowest BCUT2D eigenvalue weighted by Crippen LogP contribution is -2.43. The fraction of sp³-hybridized carbons (Fsp3) is 0.0500. The number of aliphatic hydroxyl groups excluding tert-OH is 1. The highest BCUT2D eigenvalue weighted by Gasteiger charge is 2.13. The number of nitrogens with one attached hydrogen (secondary N) is 1. The van der Waals surface area contributed by atoms with Crippen LogP contribution in [0.25, 0.3) is 28.7 Å². The van der Waals surface area contributed by atoms with E-state index in [0.717, 1.165) is 5.39 Å². The van der Waals surface area contributed by atoms with Gasteiger partial charge in [-0.15, -0.1) is 0 Å². The van der Waals surface area contributed by atoms with Crippen molar-refractivity contribution < 1.29 is 20.4 Å². The van der Waals surface area contributed by atoms with E-state index < -0.39 is 5.56 Å². The second-order valence-corrected chi connectivity index (χ2v) is 6.18. The largest absolute Gasteiger partial charge is 0.511 e. The Morgan fingerprint density at radius 1 is 1.00 bits per heavy atom. The van der Waals surface area contributed by atoms with Crippen molar-refractivity contribution in [2.24, 2.45) is 0 Å². The number of benzene rings is 2. The monoisotopic (exact) mass is 349 g/mol. The van der Waals surface area contributed by atoms with Crippen molar-refractivity contribution in [2.75, 3.05) is 0 Å². The zero-order valence-corrected chi connectivity index (χ0v) is 13.5. The molecule has 3 aromatic rings. The predicted molar refractivity (Wildman–Crippen MR) is 98.4 cm³/mol. The van der Waals surface area contributed by atoms with Crippen molar-refractivity contribution in [3.05, 3.63) is 68.3 Å². The number of aromatic amines is 1. The summed E-state index contributed by atoms with van der Waals surface area (Å²) in [7, 11) is 0. The molecular formula is C20H15NO5. The standard InChI is InChI=1S/C20H15NO5/c22-15-7-10(6-12-9-17(24)21-20(26)18(12)15)5-11-8-16(23)19(25)14-4-2-1-3-13(11)14/h1-6,8-9,22-25H,7H2,(H,21,26). The first kappa shape index (κ1) is 15.8. The van der Waals surface area contributed by atoms with E-state index in [4.69, 9.17) is 0 Å². The third-order valence-electron chi connectivity index (χ3n) is 4.42. The fourth-order valence-electron chi connectivity index (χ4n) is 3.29. The summed E-state index contributed by atoms with van der Waals surface area (Å²) in [6.45, 7) is 0. The molecule has 1 heterocycles. The Kier molecular flexibility index (Phi) is 3.47. The number of fused-ring (bicyclic) bond motifs is 2. The first-order valence-electron chi connectivity index (χ1n) is 7.94. The minimum absolute atomic E-state index is 0.0951. The SMILES string of the molecule is O=c1[nH]c(O)cc2c1=C(O)CC(=Cc1cc(O)c(O)c3ccccc13)C=2. The van der Waals surface area contributed by atoms with Gasteiger partial charge in [0.15, 0.2) is 17.4 Å². The van der Waals surface area contributed by atoms with Crippen LogP contribution in [0.2, 0.25) is 0 Å². The van der Waals surface area contributed by atoms with Crippen LogP contribution < -0.4 is 16.0 Å². The summed E-state index contributed by atoms with van der Waals surface area (Å²) in [5, 5.41) is 41.7. The van der Waals surface area contributed by atoms with Gasteiger partial charge >= 0.3 is 0 Å². The van der Waals surface area contributed by atoms with Crippen LogP contribution in [-0.4, -0.2) is 25.4 Å². The molecule has 0 unspecified atom stereocenters. The van der Waals surface area contributed by atoms with Crippen molar-refractivity contribution >= 4 is 28.7 Å². The number of rotatable bonds is 1. The Morgan fingerprint density at radius 3 is 2.50 bits per heavy atom. The molecule has 2 aromatic carbocycles. The van der Waals surface area contributed by atoms with E-state index >= 15 is 0 Å². The molecule has 0 spiro atoms. The smallest absolute Gasteiger partial charge is 0.261 e. The first-order chi connectivity index (χ1) is 12.4. The number of phenols is 2. The van der Waals surface area contributed by atoms with E-state index in [0.29, 0.717) is 21.7 Å². The lowest BCUT2D eigenvalue weighted by molar-refractivity contribution is 0.408. The quantitative estimate of drug-likeness (QED) is 0.428. The lowest BCUT2D eigenvalue weighted by Gasteiger charge is -2.11. The molecule has 4 rings (SSSR count). The van der Waals surface area contributed by atoms with Crippen molar-refractivity contribution in [3.8, 4) is 17.4 Å². The Morgan fingerprint density at radius 2 is 1.73 bits per heavy atom. The topological polar surface area (TPSA) is 114 Å². The van der Waals surface area contributed by atoms with Gasteiger partial charge in [0.25, 0.3) is 5.56 Å². The molecule has 26 heavy (non-hydrogen) atoms. The molecule has 0 atom stereocenters. The van der Waals surface area contributed by atoms with Gasteiger partial charge in [0, 0.05) is 17.9 Å². The van der Waals surface area contributed by atoms with E-state index in [1.54, 1.807) is 24.3 Å². The zero-order chi connectivity index (χ0) is 18.4. The summed E-state index contributed by atoms with van der Waals surface area (Å²) in [6, 6.07) is 9.91. The second-order valence-electron chi connectivity index (χ2n) is 6.18. The van der Waals surface area contributed by atoms with Crippen molar-refractivity contribution in [3.63, 3.8) is 0 Å². The molecule has 5 N–H and O–H groups in total. The van der Waals surface area contributed by atoms with Gasteiger partial charge in [-0.1, -0.05) is 36.4 Å². The Labute approximate surface area is 146 Å². The molecule has 0 bridgehead atoms. The van der Waals surface area contributed by atoms with E-state index in [2.05, 4.69) is 4.98 Å². The minimum atomic E-state index is -0.555. The molecule has 1 aliphatic carbocycles. The van der Waals surface area contributed by atoms with Crippen LogP contribution in [0.3, 0.4) is 0 Å². The summed E-state index contributed by atoms with van der Waals surface area (Å²) in [5.74, 6) is -0.810. The molecule has 0 radical (unpaired) electrons. The van der Waals surface area contributed by atoms with Crippen molar-refractivity contribution in [1.29, 1.82) is 0 Å². The van der Waals surface area contributed by atoms with Crippen molar-refractivity contribution in [2.45, 2.75) is 6.42 Å². The molecule has 0 amide bonds. The van der Waals surface area contributed by atoms with Gasteiger partial charge in [-0.2, -0.15) is 0 Å². The molecule has 0 saturated carbocycles. The van der Waals surface area contributed by atoms with E-state index in [-0.39, 0.29) is 34.8 Å². The number of phenolic OH excluding ortho intramolecular Hbond substituents is 2. The number of pyridine rings is 1.